The summed E-state index contributed by atoms with van der Waals surface area (Å²) in [5, 5.41) is 44.5. The Hall–Kier alpha value is -8.44. The highest BCUT2D eigenvalue weighted by Gasteiger charge is 2.29. The Kier molecular flexibility index (Phi) is 28.3. The number of aliphatic imine (C=N–C) groups is 1. The van der Waals surface area contributed by atoms with Crippen molar-refractivity contribution in [2.75, 3.05) is 123 Å². The maximum atomic E-state index is 14.4. The van der Waals surface area contributed by atoms with E-state index in [1.54, 1.807) is 58.0 Å². The zero-order valence-corrected chi connectivity index (χ0v) is 47.4. The molecule has 1 aliphatic rings. The fraction of sp³-hybridized carbons (Fsp3) is 0.500. The smallest absolute Gasteiger partial charge is 0.321 e. The first-order valence-electron chi connectivity index (χ1n) is 29.2. The maximum Gasteiger partial charge on any atom is 0.321 e. The highest BCUT2D eigenvalue weighted by Crippen LogP contribution is 2.27. The fourth-order valence-electron chi connectivity index (χ4n) is 8.80. The number of carbonyl (C=O) groups excluding carboxylic acids is 6. The molecule has 3 aromatic carbocycles. The van der Waals surface area contributed by atoms with Crippen LogP contribution in [0.3, 0.4) is 0 Å². The second-order valence-corrected chi connectivity index (χ2v) is 19.9. The number of nitrogens with one attached hydrogen (secondary N) is 8. The van der Waals surface area contributed by atoms with E-state index in [0.717, 1.165) is 5.56 Å². The third-order valence-corrected chi connectivity index (χ3v) is 13.4. The predicted octanol–water partition coefficient (Wildman–Crippen LogP) is -1.53. The number of carboxylic acids is 3. The third kappa shape index (κ3) is 27.6. The van der Waals surface area contributed by atoms with Crippen LogP contribution in [0, 0.1) is 0 Å². The van der Waals surface area contributed by atoms with Gasteiger partial charge in [0.1, 0.15) is 11.8 Å². The van der Waals surface area contributed by atoms with Crippen LogP contribution in [0.5, 0.6) is 5.75 Å². The SMILES string of the molecule is [2H]OC(=O)CN1CCN(CC(=O)NCCC[C@@H](N)C(=O)NCCNc2ccc(C(C(=O)N[C@H](CCCN=C(N)NC(=O)NCCNC(=O)CC)C(=O)NCc3ccc(O)cc3)c3ccccc3)cc2)CCN(CC(=O)O[2H])CCN(CC(=O)O[2H])CC1. The molecule has 1 unspecified atom stereocenters. The topological polar surface area (TPSA) is 408 Å². The molecule has 0 saturated carbocycles. The van der Waals surface area contributed by atoms with Crippen LogP contribution in [-0.2, 0) is 44.9 Å². The Bertz CT molecular complexity index is 2650. The molecule has 460 valence electrons. The summed E-state index contributed by atoms with van der Waals surface area (Å²) in [6, 6.07) is 20.1. The Balaban J connectivity index is 1.28. The molecule has 0 aromatic heterocycles. The van der Waals surface area contributed by atoms with Gasteiger partial charge in [0.15, 0.2) is 5.96 Å². The van der Waals surface area contributed by atoms with Gasteiger partial charge >= 0.3 is 23.9 Å². The molecule has 3 atom stereocenters. The maximum absolute atomic E-state index is 14.4. The van der Waals surface area contributed by atoms with Crippen molar-refractivity contribution in [3.63, 3.8) is 0 Å². The van der Waals surface area contributed by atoms with Gasteiger partial charge in [0.25, 0.3) is 4.29 Å². The van der Waals surface area contributed by atoms with Gasteiger partial charge in [0.2, 0.25) is 29.5 Å². The first-order valence-corrected chi connectivity index (χ1v) is 27.9. The van der Waals surface area contributed by atoms with Crippen molar-refractivity contribution in [3.8, 4) is 5.75 Å². The minimum atomic E-state index is -1.02. The molecule has 0 radical (unpaired) electrons. The number of aromatic hydroxyl groups is 1. The molecule has 4 rings (SSSR count). The molecule has 3 aromatic rings. The number of hydrogen-bond donors (Lipinski definition) is 14. The van der Waals surface area contributed by atoms with Gasteiger partial charge in [-0.25, -0.2) is 4.79 Å². The third-order valence-electron chi connectivity index (χ3n) is 13.4. The van der Waals surface area contributed by atoms with Gasteiger partial charge < -0.3 is 69.1 Å². The van der Waals surface area contributed by atoms with Crippen molar-refractivity contribution in [1.82, 2.24) is 56.8 Å². The summed E-state index contributed by atoms with van der Waals surface area (Å²) in [4.78, 5) is 125. The largest absolute Gasteiger partial charge is 0.508 e. The number of amides is 7. The molecule has 7 amide bonds. The van der Waals surface area contributed by atoms with Crippen LogP contribution in [0.4, 0.5) is 10.5 Å². The zero-order chi connectivity index (χ0) is 63.3. The van der Waals surface area contributed by atoms with E-state index >= 15 is 0 Å². The summed E-state index contributed by atoms with van der Waals surface area (Å²) in [5.41, 5.74) is 14.9. The molecule has 0 aliphatic carbocycles. The molecule has 84 heavy (non-hydrogen) atoms. The summed E-state index contributed by atoms with van der Waals surface area (Å²) in [6.45, 7) is 4.46. The van der Waals surface area contributed by atoms with Gasteiger partial charge in [-0.1, -0.05) is 61.5 Å². The van der Waals surface area contributed by atoms with E-state index in [0.29, 0.717) is 36.2 Å². The van der Waals surface area contributed by atoms with E-state index in [1.807, 2.05) is 35.2 Å². The summed E-state index contributed by atoms with van der Waals surface area (Å²) in [7, 11) is 0. The number of benzene rings is 3. The quantitative estimate of drug-likeness (QED) is 0.0192. The van der Waals surface area contributed by atoms with E-state index in [9.17, 15) is 48.3 Å². The number of carbonyl (C=O) groups is 9. The second-order valence-electron chi connectivity index (χ2n) is 19.9. The summed E-state index contributed by atoms with van der Waals surface area (Å²) >= 11 is 0. The van der Waals surface area contributed by atoms with Crippen LogP contribution in [0.15, 0.2) is 83.9 Å². The Labute approximate surface area is 493 Å². The van der Waals surface area contributed by atoms with Crippen LogP contribution in [-0.4, -0.2) is 229 Å². The fourth-order valence-corrected chi connectivity index (χ4v) is 8.80. The molecule has 28 heteroatoms. The van der Waals surface area contributed by atoms with Gasteiger partial charge in [-0.05, 0) is 66.6 Å². The highest BCUT2D eigenvalue weighted by molar-refractivity contribution is 5.95. The molecule has 1 aliphatic heterocycles. The number of guanidine groups is 1. The highest BCUT2D eigenvalue weighted by atomic mass is 16.4. The first-order chi connectivity index (χ1) is 41.9. The van der Waals surface area contributed by atoms with Crippen LogP contribution in [0.2, 0.25) is 0 Å². The minimum Gasteiger partial charge on any atom is -0.508 e. The normalized spacial score (nSPS) is 15.5. The summed E-state index contributed by atoms with van der Waals surface area (Å²) in [5.74, 6) is -5.11. The average molecular weight is 1180 g/mol. The summed E-state index contributed by atoms with van der Waals surface area (Å²) < 4.78 is 21.0. The minimum absolute atomic E-state index is 0.0597. The van der Waals surface area contributed by atoms with Crippen LogP contribution in [0.1, 0.15) is 61.6 Å². The van der Waals surface area contributed by atoms with Gasteiger partial charge in [0.05, 0.1) is 38.1 Å². The molecule has 1 saturated heterocycles. The first kappa shape index (κ1) is 63.1. The van der Waals surface area contributed by atoms with Gasteiger partial charge in [-0.3, -0.25) is 68.3 Å². The van der Waals surface area contributed by atoms with Crippen LogP contribution < -0.4 is 54.0 Å². The van der Waals surface area contributed by atoms with Crippen molar-refractivity contribution >= 4 is 65.1 Å². The monoisotopic (exact) mass is 1180 g/mol. The lowest BCUT2D eigenvalue weighted by Gasteiger charge is -2.32. The molecular formula is C56H83N15O13. The number of nitrogens with zero attached hydrogens (tertiary/aromatic N) is 5. The number of urea groups is 1. The number of carboxylic acid groups (broad SMARTS) is 3. The van der Waals surface area contributed by atoms with Crippen LogP contribution in [0.25, 0.3) is 4.29 Å². The average Bonchev–Trinajstić information content (AvgIpc) is 2.65. The Morgan fingerprint density at radius 2 is 1.12 bits per heavy atom. The van der Waals surface area contributed by atoms with Gasteiger partial charge in [0, 0.05) is 110 Å². The van der Waals surface area contributed by atoms with Gasteiger partial charge in [-0.2, -0.15) is 0 Å². The predicted molar refractivity (Wildman–Crippen MR) is 313 cm³/mol. The Morgan fingerprint density at radius 1 is 0.583 bits per heavy atom. The van der Waals surface area contributed by atoms with Crippen molar-refractivity contribution in [2.24, 2.45) is 16.5 Å². The number of hydrogen-bond acceptors (Lipinski definition) is 20. The number of anilines is 1. The molecule has 0 bridgehead atoms. The van der Waals surface area contributed by atoms with Crippen molar-refractivity contribution < 1.29 is 63.6 Å². The van der Waals surface area contributed by atoms with E-state index in [2.05, 4.69) is 62.9 Å². The lowest BCUT2D eigenvalue weighted by atomic mass is 9.90. The Morgan fingerprint density at radius 3 is 1.69 bits per heavy atom. The van der Waals surface area contributed by atoms with E-state index in [-0.39, 0.29) is 166 Å². The lowest BCUT2D eigenvalue weighted by Crippen LogP contribution is -2.49. The number of rotatable bonds is 32. The van der Waals surface area contributed by atoms with Crippen LogP contribution >= 0.6 is 0 Å². The molecule has 0 spiro atoms. The van der Waals surface area contributed by atoms with E-state index < -0.39 is 53.8 Å². The lowest BCUT2D eigenvalue weighted by molar-refractivity contribution is -0.140. The summed E-state index contributed by atoms with van der Waals surface area (Å²) in [6.07, 6.45) is 1.40. The number of phenols is 1. The number of aliphatic carboxylic acids is 3. The van der Waals surface area contributed by atoms with E-state index in [1.165, 1.54) is 12.1 Å². The standard InChI is InChI=1S/C56H83N15O13/c1-2-46(73)61-23-25-64-56(84)67-55(58)63-21-7-11-45(53(82)65-34-39-12-18-43(72)19-13-39)66-54(83)51(40-8-4-3-5-9-40)41-14-16-42(17-15-41)59-22-24-62-52(81)44(57)10-6-20-60-47(74)35-68-26-28-69(36-48(75)76)30-32-71(38-50(79)80)33-31-70(29-27-68)37-49(77)78/h3-5,8-9,12-19,44-45,51,59,72H,2,6-7,10-11,20-38,57H2,1H3,(H,60,74)(H,61,73)(H,62,81)(H,65,82)(H,66,83)(H,75,76)(H,77,78)(H,79,80)(H4,58,63,64,67,84)/t44-,45-,51?/m1/s1/i/hD3. The number of phenolic OH excluding ortho intramolecular Hbond substituents is 1. The zero-order valence-electron chi connectivity index (χ0n) is 50.4. The van der Waals surface area contributed by atoms with Crippen molar-refractivity contribution in [1.29, 1.82) is 4.29 Å². The molecule has 1 fully saturated rings. The van der Waals surface area contributed by atoms with E-state index in [4.69, 9.17) is 15.8 Å². The van der Waals surface area contributed by atoms with Gasteiger partial charge in [-0.15, -0.1) is 0 Å². The molecule has 16 N–H and O–H groups in total. The molecule has 28 nitrogen and oxygen atoms in total. The van der Waals surface area contributed by atoms with Crippen molar-refractivity contribution in [2.45, 2.75) is 63.6 Å². The molecule has 1 heterocycles. The second kappa shape index (κ2) is 37.6. The van der Waals surface area contributed by atoms with Crippen molar-refractivity contribution in [3.05, 3.63) is 95.6 Å². The molecular weight excluding hydrogens is 1090 g/mol. The number of nitrogens with two attached hydrogens (primary N) is 2.